The normalized spacial score (nSPS) is 10.9. The second-order valence-electron chi connectivity index (χ2n) is 3.91. The van der Waals surface area contributed by atoms with Crippen molar-refractivity contribution < 1.29 is 4.52 Å². The summed E-state index contributed by atoms with van der Waals surface area (Å²) in [7, 11) is 3.89. The quantitative estimate of drug-likeness (QED) is 0.723. The summed E-state index contributed by atoms with van der Waals surface area (Å²) in [6.45, 7) is 0. The number of aromatic nitrogens is 4. The molecule has 0 spiro atoms. The molecule has 0 fully saturated rings. The first-order valence-electron chi connectivity index (χ1n) is 5.19. The molecule has 3 aromatic heterocycles. The lowest BCUT2D eigenvalue weighted by Crippen LogP contribution is -2.10. The number of hydrogen-bond donors (Lipinski definition) is 1. The number of rotatable bonds is 2. The number of hydrogen-bond acceptors (Lipinski definition) is 5. The first-order valence-corrected chi connectivity index (χ1v) is 5.19. The summed E-state index contributed by atoms with van der Waals surface area (Å²) in [4.78, 5) is 13.9. The van der Waals surface area contributed by atoms with Crippen molar-refractivity contribution in [1.82, 2.24) is 20.1 Å². The fourth-order valence-corrected chi connectivity index (χ4v) is 1.59. The smallest absolute Gasteiger partial charge is 0.180 e. The van der Waals surface area contributed by atoms with Crippen LogP contribution in [0.1, 0.15) is 0 Å². The van der Waals surface area contributed by atoms with Gasteiger partial charge in [0, 0.05) is 20.2 Å². The molecule has 0 aliphatic carbocycles. The number of aromatic amines is 1. The Labute approximate surface area is 97.3 Å². The highest BCUT2D eigenvalue weighted by molar-refractivity contribution is 5.76. The lowest BCUT2D eigenvalue weighted by Gasteiger charge is -2.09. The van der Waals surface area contributed by atoms with Gasteiger partial charge in [0.2, 0.25) is 0 Å². The van der Waals surface area contributed by atoms with Gasteiger partial charge in [0.15, 0.2) is 11.5 Å². The third-order valence-corrected chi connectivity index (χ3v) is 2.47. The average molecular weight is 229 g/mol. The summed E-state index contributed by atoms with van der Waals surface area (Å²) in [5.74, 6) is 1.54. The molecule has 0 aliphatic rings. The molecule has 0 amide bonds. The molecule has 0 saturated heterocycles. The van der Waals surface area contributed by atoms with Crippen LogP contribution in [-0.4, -0.2) is 34.2 Å². The molecule has 6 heteroatoms. The zero-order valence-electron chi connectivity index (χ0n) is 9.51. The van der Waals surface area contributed by atoms with E-state index >= 15 is 0 Å². The van der Waals surface area contributed by atoms with Gasteiger partial charge in [0.05, 0.1) is 5.52 Å². The van der Waals surface area contributed by atoms with Crippen LogP contribution in [0.4, 0.5) is 5.82 Å². The molecular weight excluding hydrogens is 218 g/mol. The molecule has 0 radical (unpaired) electrons. The minimum atomic E-state index is 0.664. The van der Waals surface area contributed by atoms with Crippen molar-refractivity contribution >= 4 is 17.0 Å². The lowest BCUT2D eigenvalue weighted by atomic mass is 10.4. The van der Waals surface area contributed by atoms with E-state index in [1.807, 2.05) is 31.1 Å². The van der Waals surface area contributed by atoms with Gasteiger partial charge in [-0.1, -0.05) is 5.16 Å². The summed E-state index contributed by atoms with van der Waals surface area (Å²) in [5.41, 5.74) is 2.23. The maximum atomic E-state index is 4.79. The van der Waals surface area contributed by atoms with Crippen LogP contribution in [0.2, 0.25) is 0 Å². The van der Waals surface area contributed by atoms with E-state index in [0.717, 1.165) is 11.3 Å². The molecule has 1 N–H and O–H groups in total. The fraction of sp³-hybridized carbons (Fsp3) is 0.182. The summed E-state index contributed by atoms with van der Waals surface area (Å²) < 4.78 is 4.79. The molecule has 0 saturated carbocycles. The molecule has 3 rings (SSSR count). The molecule has 0 unspecified atom stereocenters. The fourth-order valence-electron chi connectivity index (χ4n) is 1.59. The van der Waals surface area contributed by atoms with Crippen LogP contribution in [0, 0.1) is 0 Å². The zero-order valence-corrected chi connectivity index (χ0v) is 9.51. The Bertz CT molecular complexity index is 641. The number of imidazole rings is 1. The van der Waals surface area contributed by atoms with Gasteiger partial charge in [-0.3, -0.25) is 0 Å². The predicted octanol–water partition coefficient (Wildman–Crippen LogP) is 1.68. The highest BCUT2D eigenvalue weighted by Gasteiger charge is 2.09. The molecule has 6 nitrogen and oxygen atoms in total. The number of fused-ring (bicyclic) bond motifs is 1. The van der Waals surface area contributed by atoms with E-state index in [2.05, 4.69) is 20.1 Å². The van der Waals surface area contributed by atoms with Crippen molar-refractivity contribution in [1.29, 1.82) is 0 Å². The van der Waals surface area contributed by atoms with E-state index in [1.165, 1.54) is 6.26 Å². The van der Waals surface area contributed by atoms with E-state index in [4.69, 9.17) is 4.52 Å². The summed E-state index contributed by atoms with van der Waals surface area (Å²) in [6, 6.07) is 5.64. The standard InChI is InChI=1S/C11H11N5O/c1-16(2)9-4-3-7-10(13-9)14-11(12-7)8-5-6-17-15-8/h3-6H,1-2H3,(H,12,13,14). The summed E-state index contributed by atoms with van der Waals surface area (Å²) >= 11 is 0. The van der Waals surface area contributed by atoms with Crippen LogP contribution in [0.5, 0.6) is 0 Å². The van der Waals surface area contributed by atoms with Crippen LogP contribution in [0.3, 0.4) is 0 Å². The topological polar surface area (TPSA) is 70.8 Å². The Balaban J connectivity index is 2.13. The van der Waals surface area contributed by atoms with Gasteiger partial charge in [-0.25, -0.2) is 9.97 Å². The first kappa shape index (κ1) is 9.83. The number of nitrogens with one attached hydrogen (secondary N) is 1. The highest BCUT2D eigenvalue weighted by Crippen LogP contribution is 2.19. The minimum absolute atomic E-state index is 0.664. The van der Waals surface area contributed by atoms with E-state index in [9.17, 15) is 0 Å². The second-order valence-corrected chi connectivity index (χ2v) is 3.91. The highest BCUT2D eigenvalue weighted by atomic mass is 16.5. The lowest BCUT2D eigenvalue weighted by molar-refractivity contribution is 0.422. The SMILES string of the molecule is CN(C)c1ccc2[nH]c(-c3ccon3)nc2n1. The van der Waals surface area contributed by atoms with Gasteiger partial charge in [-0.15, -0.1) is 0 Å². The van der Waals surface area contributed by atoms with E-state index in [1.54, 1.807) is 6.07 Å². The minimum Gasteiger partial charge on any atom is -0.364 e. The van der Waals surface area contributed by atoms with Crippen molar-refractivity contribution in [3.05, 3.63) is 24.5 Å². The van der Waals surface area contributed by atoms with Gasteiger partial charge in [0.1, 0.15) is 17.8 Å². The Morgan fingerprint density at radius 3 is 2.76 bits per heavy atom. The van der Waals surface area contributed by atoms with Crippen LogP contribution < -0.4 is 4.90 Å². The van der Waals surface area contributed by atoms with E-state index in [-0.39, 0.29) is 0 Å². The van der Waals surface area contributed by atoms with Crippen molar-refractivity contribution in [2.75, 3.05) is 19.0 Å². The number of pyridine rings is 1. The van der Waals surface area contributed by atoms with E-state index in [0.29, 0.717) is 17.2 Å². The molecule has 0 aliphatic heterocycles. The molecule has 3 aromatic rings. The van der Waals surface area contributed by atoms with Crippen LogP contribution in [0.25, 0.3) is 22.7 Å². The third kappa shape index (κ3) is 1.63. The molecule has 86 valence electrons. The Morgan fingerprint density at radius 1 is 1.18 bits per heavy atom. The number of H-pyrrole nitrogens is 1. The Morgan fingerprint density at radius 2 is 2.06 bits per heavy atom. The molecule has 17 heavy (non-hydrogen) atoms. The van der Waals surface area contributed by atoms with Crippen molar-refractivity contribution in [3.8, 4) is 11.5 Å². The Hall–Kier alpha value is -2.37. The number of anilines is 1. The molecular formula is C11H11N5O. The van der Waals surface area contributed by atoms with Crippen LogP contribution in [-0.2, 0) is 0 Å². The monoisotopic (exact) mass is 229 g/mol. The first-order chi connectivity index (χ1) is 8.24. The van der Waals surface area contributed by atoms with Crippen molar-refractivity contribution in [2.45, 2.75) is 0 Å². The maximum Gasteiger partial charge on any atom is 0.180 e. The molecule has 0 atom stereocenters. The Kier molecular flexibility index (Phi) is 2.07. The summed E-state index contributed by atoms with van der Waals surface area (Å²) in [5, 5.41) is 3.83. The third-order valence-electron chi connectivity index (χ3n) is 2.47. The van der Waals surface area contributed by atoms with Gasteiger partial charge < -0.3 is 14.4 Å². The average Bonchev–Trinajstić information content (AvgIpc) is 2.96. The molecule has 0 bridgehead atoms. The zero-order chi connectivity index (χ0) is 11.8. The maximum absolute atomic E-state index is 4.79. The van der Waals surface area contributed by atoms with Crippen molar-refractivity contribution in [3.63, 3.8) is 0 Å². The van der Waals surface area contributed by atoms with E-state index < -0.39 is 0 Å². The van der Waals surface area contributed by atoms with Gasteiger partial charge in [-0.2, -0.15) is 0 Å². The van der Waals surface area contributed by atoms with Crippen LogP contribution in [0.15, 0.2) is 29.0 Å². The number of nitrogens with zero attached hydrogens (tertiary/aromatic N) is 4. The summed E-state index contributed by atoms with van der Waals surface area (Å²) in [6.07, 6.45) is 1.52. The largest absolute Gasteiger partial charge is 0.364 e. The van der Waals surface area contributed by atoms with Crippen molar-refractivity contribution in [2.24, 2.45) is 0 Å². The molecule has 3 heterocycles. The van der Waals surface area contributed by atoms with Gasteiger partial charge in [0.25, 0.3) is 0 Å². The van der Waals surface area contributed by atoms with Gasteiger partial charge >= 0.3 is 0 Å². The van der Waals surface area contributed by atoms with Gasteiger partial charge in [-0.05, 0) is 12.1 Å². The van der Waals surface area contributed by atoms with Crippen LogP contribution >= 0.6 is 0 Å². The molecule has 0 aromatic carbocycles. The second kappa shape index (κ2) is 3.58. The predicted molar refractivity (Wildman–Crippen MR) is 63.7 cm³/mol.